The largest absolute Gasteiger partial charge is 0.377 e. The summed E-state index contributed by atoms with van der Waals surface area (Å²) in [6, 6.07) is 0.121. The molecule has 2 rings (SSSR count). The zero-order valence-electron chi connectivity index (χ0n) is 10.6. The van der Waals surface area contributed by atoms with E-state index in [0.29, 0.717) is 19.3 Å². The molecule has 98 valence electrons. The molecule has 0 aromatic rings. The molecule has 17 heavy (non-hydrogen) atoms. The van der Waals surface area contributed by atoms with Gasteiger partial charge in [0.2, 0.25) is 5.91 Å². The van der Waals surface area contributed by atoms with Gasteiger partial charge in [-0.25, -0.2) is 0 Å². The number of carbonyl (C=O) groups is 1. The highest BCUT2D eigenvalue weighted by Crippen LogP contribution is 2.21. The second-order valence-corrected chi connectivity index (χ2v) is 4.96. The normalized spacial score (nSPS) is 28.0. The lowest BCUT2D eigenvalue weighted by atomic mass is 10.0. The molecular formula is C12H23N3O2. The number of nitrogens with zero attached hydrogens (tertiary/aromatic N) is 2. The Morgan fingerprint density at radius 1 is 1.29 bits per heavy atom. The Morgan fingerprint density at radius 3 is 2.53 bits per heavy atom. The van der Waals surface area contributed by atoms with Crippen LogP contribution in [0.4, 0.5) is 0 Å². The van der Waals surface area contributed by atoms with Gasteiger partial charge in [0.15, 0.2) is 0 Å². The SMILES string of the molecule is CN1CCC(N2CCC(OCCN)CC2)C1=O. The van der Waals surface area contributed by atoms with Crippen LogP contribution < -0.4 is 5.73 Å². The maximum absolute atomic E-state index is 11.9. The summed E-state index contributed by atoms with van der Waals surface area (Å²) in [5.41, 5.74) is 5.42. The Balaban J connectivity index is 1.77. The number of ether oxygens (including phenoxy) is 1. The molecular weight excluding hydrogens is 218 g/mol. The van der Waals surface area contributed by atoms with Crippen molar-refractivity contribution in [3.63, 3.8) is 0 Å². The molecule has 1 amide bonds. The number of carbonyl (C=O) groups excluding carboxylic acids is 1. The standard InChI is InChI=1S/C12H23N3O2/c1-14-6-4-11(12(14)16)15-7-2-10(3-8-15)17-9-5-13/h10-11H,2-9,13H2,1H3. The van der Waals surface area contributed by atoms with Crippen LogP contribution in [-0.4, -0.2) is 67.7 Å². The van der Waals surface area contributed by atoms with E-state index in [0.717, 1.165) is 38.9 Å². The molecule has 2 fully saturated rings. The van der Waals surface area contributed by atoms with Crippen LogP contribution in [-0.2, 0) is 9.53 Å². The molecule has 2 heterocycles. The van der Waals surface area contributed by atoms with Gasteiger partial charge in [-0.3, -0.25) is 9.69 Å². The highest BCUT2D eigenvalue weighted by molar-refractivity contribution is 5.83. The van der Waals surface area contributed by atoms with E-state index in [1.165, 1.54) is 0 Å². The van der Waals surface area contributed by atoms with E-state index < -0.39 is 0 Å². The van der Waals surface area contributed by atoms with Crippen LogP contribution in [0.2, 0.25) is 0 Å². The molecule has 5 nitrogen and oxygen atoms in total. The van der Waals surface area contributed by atoms with E-state index in [4.69, 9.17) is 10.5 Å². The molecule has 2 saturated heterocycles. The molecule has 2 aliphatic heterocycles. The first-order chi connectivity index (χ1) is 8.22. The van der Waals surface area contributed by atoms with E-state index in [1.807, 2.05) is 11.9 Å². The summed E-state index contributed by atoms with van der Waals surface area (Å²) in [4.78, 5) is 16.0. The van der Waals surface area contributed by atoms with Crippen LogP contribution in [0, 0.1) is 0 Å². The predicted octanol–water partition coefficient (Wildman–Crippen LogP) is -0.343. The fourth-order valence-corrected chi connectivity index (χ4v) is 2.73. The third-order valence-electron chi connectivity index (χ3n) is 3.79. The second-order valence-electron chi connectivity index (χ2n) is 4.96. The van der Waals surface area contributed by atoms with Crippen molar-refractivity contribution in [1.29, 1.82) is 0 Å². The van der Waals surface area contributed by atoms with E-state index in [-0.39, 0.29) is 11.9 Å². The van der Waals surface area contributed by atoms with Crippen LogP contribution >= 0.6 is 0 Å². The van der Waals surface area contributed by atoms with Gasteiger partial charge in [0, 0.05) is 33.2 Å². The molecule has 0 spiro atoms. The minimum Gasteiger partial charge on any atom is -0.377 e. The number of likely N-dealkylation sites (N-methyl/N-ethyl adjacent to an activating group) is 1. The summed E-state index contributed by atoms with van der Waals surface area (Å²) in [5, 5.41) is 0. The van der Waals surface area contributed by atoms with E-state index in [1.54, 1.807) is 0 Å². The van der Waals surface area contributed by atoms with Crippen LogP contribution in [0.15, 0.2) is 0 Å². The molecule has 5 heteroatoms. The Hall–Kier alpha value is -0.650. The summed E-state index contributed by atoms with van der Waals surface area (Å²) >= 11 is 0. The molecule has 1 atom stereocenters. The molecule has 0 saturated carbocycles. The lowest BCUT2D eigenvalue weighted by Gasteiger charge is -2.34. The molecule has 0 aromatic carbocycles. The Bertz CT molecular complexity index is 264. The summed E-state index contributed by atoms with van der Waals surface area (Å²) < 4.78 is 5.64. The van der Waals surface area contributed by atoms with Crippen molar-refractivity contribution in [3.05, 3.63) is 0 Å². The van der Waals surface area contributed by atoms with Gasteiger partial charge >= 0.3 is 0 Å². The number of piperidine rings is 1. The Kier molecular flexibility index (Phi) is 4.36. The molecule has 0 radical (unpaired) electrons. The maximum atomic E-state index is 11.9. The van der Waals surface area contributed by atoms with Gasteiger partial charge in [0.25, 0.3) is 0 Å². The molecule has 0 aliphatic carbocycles. The number of likely N-dealkylation sites (tertiary alicyclic amines) is 2. The zero-order valence-corrected chi connectivity index (χ0v) is 10.6. The van der Waals surface area contributed by atoms with Gasteiger partial charge in [0.05, 0.1) is 18.8 Å². The average molecular weight is 241 g/mol. The van der Waals surface area contributed by atoms with Crippen molar-refractivity contribution in [2.24, 2.45) is 5.73 Å². The maximum Gasteiger partial charge on any atom is 0.239 e. The lowest BCUT2D eigenvalue weighted by Crippen LogP contribution is -2.46. The van der Waals surface area contributed by atoms with Gasteiger partial charge in [-0.05, 0) is 19.3 Å². The molecule has 1 unspecified atom stereocenters. The topological polar surface area (TPSA) is 58.8 Å². The van der Waals surface area contributed by atoms with E-state index in [9.17, 15) is 4.79 Å². The number of hydrogen-bond acceptors (Lipinski definition) is 4. The monoisotopic (exact) mass is 241 g/mol. The highest BCUT2D eigenvalue weighted by Gasteiger charge is 2.35. The first-order valence-corrected chi connectivity index (χ1v) is 6.53. The Morgan fingerprint density at radius 2 is 2.00 bits per heavy atom. The predicted molar refractivity (Wildman–Crippen MR) is 65.6 cm³/mol. The van der Waals surface area contributed by atoms with Crippen LogP contribution in [0.25, 0.3) is 0 Å². The van der Waals surface area contributed by atoms with E-state index in [2.05, 4.69) is 4.90 Å². The number of nitrogens with two attached hydrogens (primary N) is 1. The van der Waals surface area contributed by atoms with Crippen molar-refractivity contribution < 1.29 is 9.53 Å². The minimum absolute atomic E-state index is 0.121. The van der Waals surface area contributed by atoms with Crippen molar-refractivity contribution in [2.75, 3.05) is 39.8 Å². The second kappa shape index (κ2) is 5.80. The Labute approximate surface area is 103 Å². The fraction of sp³-hybridized carbons (Fsp3) is 0.917. The highest BCUT2D eigenvalue weighted by atomic mass is 16.5. The quantitative estimate of drug-likeness (QED) is 0.731. The van der Waals surface area contributed by atoms with E-state index >= 15 is 0 Å². The first-order valence-electron chi connectivity index (χ1n) is 6.53. The third kappa shape index (κ3) is 2.97. The molecule has 2 N–H and O–H groups in total. The smallest absolute Gasteiger partial charge is 0.239 e. The first kappa shape index (κ1) is 12.8. The minimum atomic E-state index is 0.121. The van der Waals surface area contributed by atoms with Crippen molar-refractivity contribution in [3.8, 4) is 0 Å². The van der Waals surface area contributed by atoms with Crippen LogP contribution in [0.3, 0.4) is 0 Å². The van der Waals surface area contributed by atoms with Crippen LogP contribution in [0.1, 0.15) is 19.3 Å². The fourth-order valence-electron chi connectivity index (χ4n) is 2.73. The van der Waals surface area contributed by atoms with Crippen molar-refractivity contribution in [1.82, 2.24) is 9.80 Å². The lowest BCUT2D eigenvalue weighted by molar-refractivity contribution is -0.132. The molecule has 2 aliphatic rings. The van der Waals surface area contributed by atoms with Gasteiger partial charge in [-0.1, -0.05) is 0 Å². The van der Waals surface area contributed by atoms with Gasteiger partial charge in [-0.15, -0.1) is 0 Å². The summed E-state index contributed by atoms with van der Waals surface area (Å²) in [7, 11) is 1.89. The average Bonchev–Trinajstić information content (AvgIpc) is 2.68. The molecule has 0 aromatic heterocycles. The molecule has 0 bridgehead atoms. The number of hydrogen-bond donors (Lipinski definition) is 1. The zero-order chi connectivity index (χ0) is 12.3. The van der Waals surface area contributed by atoms with Crippen molar-refractivity contribution in [2.45, 2.75) is 31.4 Å². The van der Waals surface area contributed by atoms with Gasteiger partial charge < -0.3 is 15.4 Å². The van der Waals surface area contributed by atoms with Gasteiger partial charge in [-0.2, -0.15) is 0 Å². The van der Waals surface area contributed by atoms with Crippen molar-refractivity contribution >= 4 is 5.91 Å². The third-order valence-corrected chi connectivity index (χ3v) is 3.79. The summed E-state index contributed by atoms with van der Waals surface area (Å²) in [5.74, 6) is 0.284. The summed E-state index contributed by atoms with van der Waals surface area (Å²) in [6.45, 7) is 4.08. The number of rotatable bonds is 4. The summed E-state index contributed by atoms with van der Waals surface area (Å²) in [6.07, 6.45) is 3.36. The van der Waals surface area contributed by atoms with Crippen LogP contribution in [0.5, 0.6) is 0 Å². The van der Waals surface area contributed by atoms with Gasteiger partial charge in [0.1, 0.15) is 0 Å². The number of amides is 1.